The van der Waals surface area contributed by atoms with E-state index in [9.17, 15) is 4.79 Å². The van der Waals surface area contributed by atoms with Crippen molar-refractivity contribution < 1.29 is 4.79 Å². The molecule has 1 aromatic heterocycles. The Balaban J connectivity index is 1.92. The van der Waals surface area contributed by atoms with Crippen molar-refractivity contribution in [3.8, 4) is 17.1 Å². The van der Waals surface area contributed by atoms with Gasteiger partial charge in [-0.15, -0.1) is 17.7 Å². The first kappa shape index (κ1) is 12.6. The third kappa shape index (κ3) is 2.48. The Labute approximate surface area is 121 Å². The highest BCUT2D eigenvalue weighted by Crippen LogP contribution is 2.17. The maximum Gasteiger partial charge on any atom is 0.181 e. The summed E-state index contributed by atoms with van der Waals surface area (Å²) in [4.78, 5) is 15.8. The van der Waals surface area contributed by atoms with Crippen LogP contribution in [0.25, 0.3) is 17.1 Å². The van der Waals surface area contributed by atoms with E-state index in [4.69, 9.17) is 0 Å². The fourth-order valence-electron chi connectivity index (χ4n) is 1.84. The van der Waals surface area contributed by atoms with Crippen molar-refractivity contribution in [1.82, 2.24) is 14.8 Å². The highest BCUT2D eigenvalue weighted by Gasteiger charge is 2.05. The fraction of sp³-hybridized carbons (Fsp3) is 0. The number of carbonyl (C=O) groups is 1. The molecule has 0 N–H and O–H groups in total. The highest BCUT2D eigenvalue weighted by molar-refractivity contribution is 7.80. The average Bonchev–Trinajstić information content (AvgIpc) is 2.98. The van der Waals surface area contributed by atoms with Gasteiger partial charge in [-0.05, 0) is 24.3 Å². The largest absolute Gasteiger partial charge is 0.298 e. The minimum atomic E-state index is 0.623. The van der Waals surface area contributed by atoms with E-state index >= 15 is 0 Å². The third-order valence-corrected chi connectivity index (χ3v) is 3.21. The number of hydrogen-bond acceptors (Lipinski definition) is 4. The van der Waals surface area contributed by atoms with Gasteiger partial charge in [0.25, 0.3) is 0 Å². The van der Waals surface area contributed by atoms with E-state index in [1.807, 2.05) is 36.4 Å². The number of benzene rings is 2. The van der Waals surface area contributed by atoms with E-state index < -0.39 is 0 Å². The van der Waals surface area contributed by atoms with Crippen LogP contribution in [0.1, 0.15) is 10.4 Å². The van der Waals surface area contributed by atoms with Crippen molar-refractivity contribution in [2.45, 2.75) is 4.90 Å². The normalized spacial score (nSPS) is 10.4. The second-order valence-corrected chi connectivity index (χ2v) is 4.79. The van der Waals surface area contributed by atoms with Gasteiger partial charge in [0.2, 0.25) is 0 Å². The minimum Gasteiger partial charge on any atom is -0.298 e. The molecule has 2 aromatic carbocycles. The second-order valence-electron chi connectivity index (χ2n) is 4.27. The summed E-state index contributed by atoms with van der Waals surface area (Å²) in [7, 11) is 0. The van der Waals surface area contributed by atoms with Crippen LogP contribution in [0.15, 0.2) is 59.8 Å². The van der Waals surface area contributed by atoms with Crippen molar-refractivity contribution in [1.29, 1.82) is 0 Å². The van der Waals surface area contributed by atoms with Crippen LogP contribution in [0, 0.1) is 0 Å². The molecule has 3 aromatic rings. The van der Waals surface area contributed by atoms with Gasteiger partial charge in [0.15, 0.2) is 5.82 Å². The fourth-order valence-corrected chi connectivity index (χ4v) is 1.98. The lowest BCUT2D eigenvalue weighted by molar-refractivity contribution is 0.112. The number of carbonyl (C=O) groups excluding carboxylic acids is 1. The van der Waals surface area contributed by atoms with Gasteiger partial charge in [0.05, 0.1) is 5.69 Å². The van der Waals surface area contributed by atoms with Crippen LogP contribution in [0.2, 0.25) is 0 Å². The minimum absolute atomic E-state index is 0.623. The predicted molar refractivity (Wildman–Crippen MR) is 79.4 cm³/mol. The number of rotatable bonds is 3. The van der Waals surface area contributed by atoms with Gasteiger partial charge < -0.3 is 0 Å². The zero-order chi connectivity index (χ0) is 13.9. The zero-order valence-electron chi connectivity index (χ0n) is 10.5. The van der Waals surface area contributed by atoms with Gasteiger partial charge >= 0.3 is 0 Å². The van der Waals surface area contributed by atoms with Crippen LogP contribution >= 0.6 is 12.6 Å². The van der Waals surface area contributed by atoms with Crippen LogP contribution in [0.3, 0.4) is 0 Å². The Bertz CT molecular complexity index is 733. The topological polar surface area (TPSA) is 47.8 Å². The zero-order valence-corrected chi connectivity index (χ0v) is 11.4. The van der Waals surface area contributed by atoms with Crippen molar-refractivity contribution in [3.05, 3.63) is 60.4 Å². The summed E-state index contributed by atoms with van der Waals surface area (Å²) in [6.45, 7) is 0. The Hall–Kier alpha value is -2.40. The highest BCUT2D eigenvalue weighted by atomic mass is 32.1. The SMILES string of the molecule is O=Cc1ccc(-c2ncn(-c3ccc(S)cc3)n2)cc1. The lowest BCUT2D eigenvalue weighted by atomic mass is 10.1. The Morgan fingerprint density at radius 3 is 2.35 bits per heavy atom. The quantitative estimate of drug-likeness (QED) is 0.593. The molecule has 20 heavy (non-hydrogen) atoms. The number of aldehydes is 1. The van der Waals surface area contributed by atoms with Crippen LogP contribution in [0.4, 0.5) is 0 Å². The first-order valence-electron chi connectivity index (χ1n) is 6.03. The Morgan fingerprint density at radius 2 is 1.70 bits per heavy atom. The van der Waals surface area contributed by atoms with Crippen molar-refractivity contribution in [2.75, 3.05) is 0 Å². The molecule has 0 aliphatic heterocycles. The van der Waals surface area contributed by atoms with Crippen molar-refractivity contribution >= 4 is 18.9 Å². The number of hydrogen-bond donors (Lipinski definition) is 1. The van der Waals surface area contributed by atoms with Gasteiger partial charge in [-0.1, -0.05) is 24.3 Å². The van der Waals surface area contributed by atoms with E-state index in [1.165, 1.54) is 0 Å². The molecule has 0 radical (unpaired) electrons. The molecule has 3 rings (SSSR count). The molecule has 98 valence electrons. The molecule has 0 atom stereocenters. The molecule has 0 spiro atoms. The lowest BCUT2D eigenvalue weighted by Crippen LogP contribution is -1.94. The summed E-state index contributed by atoms with van der Waals surface area (Å²) >= 11 is 4.25. The smallest absolute Gasteiger partial charge is 0.181 e. The molecule has 0 amide bonds. The van der Waals surface area contributed by atoms with Gasteiger partial charge in [0.1, 0.15) is 12.6 Å². The summed E-state index contributed by atoms with van der Waals surface area (Å²) in [6, 6.07) is 14.8. The molecule has 0 aliphatic rings. The monoisotopic (exact) mass is 281 g/mol. The van der Waals surface area contributed by atoms with E-state index in [0.29, 0.717) is 11.4 Å². The number of nitrogens with zero attached hydrogens (tertiary/aromatic N) is 3. The molecular formula is C15H11N3OS. The molecule has 1 heterocycles. The molecule has 0 bridgehead atoms. The van der Waals surface area contributed by atoms with Crippen molar-refractivity contribution in [3.63, 3.8) is 0 Å². The molecule has 4 nitrogen and oxygen atoms in total. The van der Waals surface area contributed by atoms with E-state index in [1.54, 1.807) is 23.1 Å². The standard InChI is InChI=1S/C15H11N3OS/c19-9-11-1-3-12(4-2-11)15-16-10-18(17-15)13-5-7-14(20)8-6-13/h1-10,20H. The van der Waals surface area contributed by atoms with E-state index in [2.05, 4.69) is 22.7 Å². The molecule has 0 fully saturated rings. The number of thiol groups is 1. The Morgan fingerprint density at radius 1 is 1.00 bits per heavy atom. The second kappa shape index (κ2) is 5.30. The number of aromatic nitrogens is 3. The van der Waals surface area contributed by atoms with Gasteiger partial charge in [-0.2, -0.15) is 0 Å². The van der Waals surface area contributed by atoms with Gasteiger partial charge in [-0.25, -0.2) is 9.67 Å². The van der Waals surface area contributed by atoms with Gasteiger partial charge in [-0.3, -0.25) is 4.79 Å². The van der Waals surface area contributed by atoms with E-state index in [0.717, 1.165) is 22.4 Å². The summed E-state index contributed by atoms with van der Waals surface area (Å²) in [5, 5.41) is 4.43. The van der Waals surface area contributed by atoms with Crippen LogP contribution in [0.5, 0.6) is 0 Å². The maximum atomic E-state index is 10.6. The molecule has 0 unspecified atom stereocenters. The third-order valence-electron chi connectivity index (χ3n) is 2.91. The molecule has 0 saturated carbocycles. The molecule has 5 heteroatoms. The van der Waals surface area contributed by atoms with Gasteiger partial charge in [0, 0.05) is 16.0 Å². The first-order valence-corrected chi connectivity index (χ1v) is 6.48. The van der Waals surface area contributed by atoms with Crippen LogP contribution < -0.4 is 0 Å². The predicted octanol–water partition coefficient (Wildman–Crippen LogP) is 3.04. The van der Waals surface area contributed by atoms with Crippen molar-refractivity contribution in [2.24, 2.45) is 0 Å². The summed E-state index contributed by atoms with van der Waals surface area (Å²) in [5.74, 6) is 0.623. The van der Waals surface area contributed by atoms with Crippen LogP contribution in [-0.2, 0) is 0 Å². The maximum absolute atomic E-state index is 10.6. The lowest BCUT2D eigenvalue weighted by Gasteiger charge is -2.00. The molecule has 0 saturated heterocycles. The molecular weight excluding hydrogens is 270 g/mol. The first-order chi connectivity index (χ1) is 9.76. The Kier molecular flexibility index (Phi) is 3.35. The summed E-state index contributed by atoms with van der Waals surface area (Å²) < 4.78 is 1.70. The summed E-state index contributed by atoms with van der Waals surface area (Å²) in [5.41, 5.74) is 2.43. The molecule has 0 aliphatic carbocycles. The van der Waals surface area contributed by atoms with Crippen LogP contribution in [-0.4, -0.2) is 21.1 Å². The average molecular weight is 281 g/mol. The van der Waals surface area contributed by atoms with E-state index in [-0.39, 0.29) is 0 Å². The summed E-state index contributed by atoms with van der Waals surface area (Å²) in [6.07, 6.45) is 2.48.